The summed E-state index contributed by atoms with van der Waals surface area (Å²) in [5, 5.41) is 27.4. The first-order valence-electron chi connectivity index (χ1n) is 27.0. The van der Waals surface area contributed by atoms with Gasteiger partial charge in [0.05, 0.1) is 46.2 Å². The van der Waals surface area contributed by atoms with Crippen molar-refractivity contribution < 1.29 is 10.2 Å². The van der Waals surface area contributed by atoms with Crippen LogP contribution in [0.3, 0.4) is 0 Å². The SMILES string of the molecule is CN1CCN(c2cccc3nc(CN(Cc4ccccc4)[C@H]4CCCc5cccnc54)c(C(O)C(O)c4c(CN(Cc5ccccc5)[C@H]5CCCc6cccnc65)nc5cccc(N6CCN(C)CC6)n45)n23)CC1. The number of imidazole rings is 2. The first kappa shape index (κ1) is 48.4. The number of aliphatic hydroxyl groups is 2. The lowest BCUT2D eigenvalue weighted by Gasteiger charge is -2.36. The van der Waals surface area contributed by atoms with E-state index < -0.39 is 12.2 Å². The normalized spacial score (nSPS) is 19.6. The van der Waals surface area contributed by atoms with E-state index in [-0.39, 0.29) is 12.1 Å². The molecule has 74 heavy (non-hydrogen) atoms. The van der Waals surface area contributed by atoms with Crippen LogP contribution in [0.2, 0.25) is 0 Å². The molecule has 0 amide bonds. The fourth-order valence-corrected chi connectivity index (χ4v) is 12.4. The van der Waals surface area contributed by atoms with Gasteiger partial charge >= 0.3 is 0 Å². The topological polar surface area (TPSA) is 120 Å². The molecule has 2 unspecified atom stereocenters. The highest BCUT2D eigenvalue weighted by atomic mass is 16.3. The molecule has 0 bridgehead atoms. The Kier molecular flexibility index (Phi) is 14.0. The van der Waals surface area contributed by atoms with Gasteiger partial charge in [0.2, 0.25) is 0 Å². The second kappa shape index (κ2) is 21.4. The molecule has 8 heterocycles. The van der Waals surface area contributed by atoms with Gasteiger partial charge < -0.3 is 29.8 Å². The van der Waals surface area contributed by atoms with Gasteiger partial charge in [0.1, 0.15) is 35.1 Å². The van der Waals surface area contributed by atoms with Crippen molar-refractivity contribution in [3.05, 3.63) is 190 Å². The minimum absolute atomic E-state index is 0.0310. The zero-order valence-electron chi connectivity index (χ0n) is 43.0. The average molecular weight is 991 g/mol. The fourth-order valence-electron chi connectivity index (χ4n) is 12.4. The Bertz CT molecular complexity index is 2970. The summed E-state index contributed by atoms with van der Waals surface area (Å²) in [6.07, 6.45) is 7.07. The molecule has 6 aromatic heterocycles. The van der Waals surface area contributed by atoms with E-state index in [0.29, 0.717) is 37.6 Å². The molecule has 382 valence electrons. The Balaban J connectivity index is 1.02. The number of aryl methyl sites for hydroxylation is 2. The van der Waals surface area contributed by atoms with E-state index in [1.54, 1.807) is 0 Å². The number of likely N-dealkylation sites (N-methyl/N-ethyl adjacent to an activating group) is 2. The fraction of sp³-hybridized carbons (Fsp3) is 0.400. The van der Waals surface area contributed by atoms with Crippen LogP contribution in [0.15, 0.2) is 134 Å². The highest BCUT2D eigenvalue weighted by Gasteiger charge is 2.38. The van der Waals surface area contributed by atoms with E-state index in [9.17, 15) is 10.2 Å². The third kappa shape index (κ3) is 9.71. The van der Waals surface area contributed by atoms with Crippen LogP contribution in [0, 0.1) is 0 Å². The lowest BCUT2D eigenvalue weighted by molar-refractivity contribution is 0.00852. The maximum atomic E-state index is 13.7. The van der Waals surface area contributed by atoms with Gasteiger partial charge in [-0.05, 0) is 111 Å². The van der Waals surface area contributed by atoms with E-state index in [1.165, 1.54) is 22.3 Å². The molecular weight excluding hydrogens is 921 g/mol. The van der Waals surface area contributed by atoms with Crippen molar-refractivity contribution in [2.24, 2.45) is 0 Å². The zero-order valence-corrected chi connectivity index (χ0v) is 43.0. The van der Waals surface area contributed by atoms with Gasteiger partial charge in [-0.15, -0.1) is 0 Å². The molecule has 2 saturated heterocycles. The van der Waals surface area contributed by atoms with Gasteiger partial charge in [0.25, 0.3) is 0 Å². The molecule has 2 aliphatic carbocycles. The van der Waals surface area contributed by atoms with Crippen LogP contribution in [-0.4, -0.2) is 125 Å². The molecule has 0 spiro atoms. The molecule has 0 radical (unpaired) electrons. The highest BCUT2D eigenvalue weighted by Crippen LogP contribution is 2.42. The third-order valence-corrected chi connectivity index (χ3v) is 16.4. The maximum absolute atomic E-state index is 13.7. The van der Waals surface area contributed by atoms with Crippen molar-refractivity contribution in [1.29, 1.82) is 0 Å². The molecule has 2 aromatic carbocycles. The van der Waals surface area contributed by atoms with Gasteiger partial charge in [-0.3, -0.25) is 28.6 Å². The predicted molar refractivity (Wildman–Crippen MR) is 291 cm³/mol. The number of aliphatic hydroxyl groups excluding tert-OH is 2. The second-order valence-electron chi connectivity index (χ2n) is 21.2. The van der Waals surface area contributed by atoms with Crippen LogP contribution < -0.4 is 9.80 Å². The minimum Gasteiger partial charge on any atom is -0.384 e. The summed E-state index contributed by atoms with van der Waals surface area (Å²) in [5.41, 5.74) is 11.4. The largest absolute Gasteiger partial charge is 0.384 e. The minimum atomic E-state index is -1.40. The van der Waals surface area contributed by atoms with Crippen molar-refractivity contribution in [2.45, 2.75) is 89.0 Å². The first-order valence-corrected chi connectivity index (χ1v) is 27.0. The van der Waals surface area contributed by atoms with E-state index in [1.807, 2.05) is 24.5 Å². The molecule has 2 aliphatic heterocycles. The lowest BCUT2D eigenvalue weighted by atomic mass is 9.90. The standard InChI is InChI=1S/C60H70N12O2/c1-65-31-35-67(36-32-65)53-27-11-25-51-63-47(41-69(39-43-15-5-3-6-16-43)49-23-9-19-45-21-13-29-61-55(45)49)57(71(51)53)59(73)60(74)58-48(64-52-26-12-28-54(72(52)58)68-37-33-66(2)34-38-68)42-70(40-44-17-7-4-8-18-44)50-24-10-20-46-22-14-30-62-56(46)50/h3-8,11-18,21-22,25-30,49-50,59-60,73-74H,9-10,19-20,23-24,31-42H2,1-2H3/t49-,50-,59?,60?/m0/s1. The van der Waals surface area contributed by atoms with Crippen molar-refractivity contribution >= 4 is 22.9 Å². The summed E-state index contributed by atoms with van der Waals surface area (Å²) in [4.78, 5) is 35.6. The number of anilines is 2. The Hall–Kier alpha value is -6.52. The Morgan fingerprint density at radius 3 is 1.32 bits per heavy atom. The summed E-state index contributed by atoms with van der Waals surface area (Å²) in [6.45, 7) is 9.17. The maximum Gasteiger partial charge on any atom is 0.138 e. The van der Waals surface area contributed by atoms with Crippen LogP contribution in [-0.2, 0) is 39.0 Å². The predicted octanol–water partition coefficient (Wildman–Crippen LogP) is 8.20. The first-order chi connectivity index (χ1) is 36.3. The summed E-state index contributed by atoms with van der Waals surface area (Å²) in [7, 11) is 4.35. The Morgan fingerprint density at radius 1 is 0.486 bits per heavy atom. The van der Waals surface area contributed by atoms with Crippen LogP contribution in [0.5, 0.6) is 0 Å². The van der Waals surface area contributed by atoms with E-state index >= 15 is 0 Å². The number of nitrogens with zero attached hydrogens (tertiary/aromatic N) is 12. The molecule has 4 atom stereocenters. The molecule has 14 heteroatoms. The van der Waals surface area contributed by atoms with Gasteiger partial charge in [-0.25, -0.2) is 9.97 Å². The molecule has 2 N–H and O–H groups in total. The van der Waals surface area contributed by atoms with Gasteiger partial charge in [-0.1, -0.05) is 84.9 Å². The van der Waals surface area contributed by atoms with Crippen LogP contribution >= 0.6 is 0 Å². The summed E-state index contributed by atoms with van der Waals surface area (Å²) < 4.78 is 4.30. The van der Waals surface area contributed by atoms with Crippen LogP contribution in [0.25, 0.3) is 11.3 Å². The number of pyridine rings is 4. The number of fused-ring (bicyclic) bond motifs is 4. The molecule has 0 saturated carbocycles. The monoisotopic (exact) mass is 991 g/mol. The molecular formula is C60H70N12O2. The number of piperazine rings is 2. The molecule has 4 aliphatic rings. The number of rotatable bonds is 15. The lowest BCUT2D eigenvalue weighted by Crippen LogP contribution is -2.45. The van der Waals surface area contributed by atoms with Crippen molar-refractivity contribution in [2.75, 3.05) is 76.3 Å². The Morgan fingerprint density at radius 2 is 0.905 bits per heavy atom. The number of hydrogen-bond donors (Lipinski definition) is 2. The van der Waals surface area contributed by atoms with Gasteiger partial charge in [0.15, 0.2) is 0 Å². The third-order valence-electron chi connectivity index (χ3n) is 16.4. The zero-order chi connectivity index (χ0) is 50.1. The van der Waals surface area contributed by atoms with Crippen molar-refractivity contribution in [3.63, 3.8) is 0 Å². The summed E-state index contributed by atoms with van der Waals surface area (Å²) in [5.74, 6) is 1.92. The van der Waals surface area contributed by atoms with Gasteiger partial charge in [-0.2, -0.15) is 0 Å². The van der Waals surface area contributed by atoms with E-state index in [2.05, 4.69) is 161 Å². The Labute approximate surface area is 435 Å². The molecule has 2 fully saturated rings. The van der Waals surface area contributed by atoms with Crippen LogP contribution in [0.1, 0.15) is 106 Å². The number of aromatic nitrogens is 6. The highest BCUT2D eigenvalue weighted by molar-refractivity contribution is 5.58. The van der Waals surface area contributed by atoms with E-state index in [0.717, 1.165) is 137 Å². The van der Waals surface area contributed by atoms with E-state index in [4.69, 9.17) is 19.9 Å². The quantitative estimate of drug-likeness (QED) is 0.103. The van der Waals surface area contributed by atoms with Crippen molar-refractivity contribution in [3.8, 4) is 0 Å². The summed E-state index contributed by atoms with van der Waals surface area (Å²) in [6, 6.07) is 42.5. The smallest absolute Gasteiger partial charge is 0.138 e. The number of hydrogen-bond acceptors (Lipinski definition) is 12. The number of benzene rings is 2. The van der Waals surface area contributed by atoms with Crippen molar-refractivity contribution in [1.82, 2.24) is 48.3 Å². The second-order valence-corrected chi connectivity index (χ2v) is 21.2. The van der Waals surface area contributed by atoms with Crippen LogP contribution in [0.4, 0.5) is 11.6 Å². The molecule has 8 aromatic rings. The van der Waals surface area contributed by atoms with Gasteiger partial charge in [0, 0.05) is 90.9 Å². The average Bonchev–Trinajstić information content (AvgIpc) is 4.01. The molecule has 14 nitrogen and oxygen atoms in total. The molecule has 12 rings (SSSR count). The summed E-state index contributed by atoms with van der Waals surface area (Å²) >= 11 is 0.